The van der Waals surface area contributed by atoms with Gasteiger partial charge in [-0.25, -0.2) is 0 Å². The second-order valence-electron chi connectivity index (χ2n) is 3.62. The normalized spacial score (nSPS) is 29.8. The van der Waals surface area contributed by atoms with Gasteiger partial charge in [-0.15, -0.1) is 0 Å². The molecule has 0 aromatic carbocycles. The molecule has 0 spiro atoms. The fourth-order valence-electron chi connectivity index (χ4n) is 1.92. The molecule has 1 fully saturated rings. The molecule has 1 aliphatic carbocycles. The molecule has 1 rings (SSSR count). The minimum Gasteiger partial charge on any atom is -0.466 e. The average molecular weight is 170 g/mol. The third kappa shape index (κ3) is 2.23. The molecule has 0 heterocycles. The number of carbonyl (C=O) groups excluding carboxylic acids is 1. The highest BCUT2D eigenvalue weighted by molar-refractivity contribution is 5.72. The molecule has 1 saturated carbocycles. The van der Waals surface area contributed by atoms with Crippen molar-refractivity contribution in [1.29, 1.82) is 0 Å². The van der Waals surface area contributed by atoms with E-state index >= 15 is 0 Å². The van der Waals surface area contributed by atoms with Gasteiger partial charge in [-0.2, -0.15) is 0 Å². The summed E-state index contributed by atoms with van der Waals surface area (Å²) in [5.41, 5.74) is 0. The first-order valence-electron chi connectivity index (χ1n) is 4.92. The van der Waals surface area contributed by atoms with E-state index in [0.29, 0.717) is 12.5 Å². The molecular formula is C10H18O2. The molecule has 2 atom stereocenters. The fraction of sp³-hybridized carbons (Fsp3) is 0.900. The maximum Gasteiger partial charge on any atom is 0.309 e. The Hall–Kier alpha value is -0.530. The van der Waals surface area contributed by atoms with E-state index in [-0.39, 0.29) is 11.9 Å². The highest BCUT2D eigenvalue weighted by atomic mass is 16.5. The zero-order chi connectivity index (χ0) is 8.97. The van der Waals surface area contributed by atoms with Crippen molar-refractivity contribution in [2.45, 2.75) is 39.5 Å². The van der Waals surface area contributed by atoms with Crippen molar-refractivity contribution in [1.82, 2.24) is 0 Å². The smallest absolute Gasteiger partial charge is 0.309 e. The van der Waals surface area contributed by atoms with E-state index in [0.717, 1.165) is 6.42 Å². The van der Waals surface area contributed by atoms with Crippen molar-refractivity contribution in [3.8, 4) is 0 Å². The quantitative estimate of drug-likeness (QED) is 0.595. The second-order valence-corrected chi connectivity index (χ2v) is 3.62. The van der Waals surface area contributed by atoms with E-state index in [1.54, 1.807) is 0 Å². The summed E-state index contributed by atoms with van der Waals surface area (Å²) in [7, 11) is 0. The average Bonchev–Trinajstić information content (AvgIpc) is 2.05. The van der Waals surface area contributed by atoms with E-state index in [1.165, 1.54) is 19.3 Å². The number of esters is 1. The Morgan fingerprint density at radius 2 is 2.08 bits per heavy atom. The van der Waals surface area contributed by atoms with Gasteiger partial charge in [0.2, 0.25) is 0 Å². The predicted octanol–water partition coefficient (Wildman–Crippen LogP) is 2.38. The topological polar surface area (TPSA) is 26.3 Å². The number of ether oxygens (including phenoxy) is 1. The number of hydrogen-bond acceptors (Lipinski definition) is 2. The van der Waals surface area contributed by atoms with Crippen molar-refractivity contribution in [3.05, 3.63) is 0 Å². The van der Waals surface area contributed by atoms with E-state index < -0.39 is 0 Å². The molecule has 1 aliphatic rings. The fourth-order valence-corrected chi connectivity index (χ4v) is 1.92. The van der Waals surface area contributed by atoms with Crippen LogP contribution in [-0.4, -0.2) is 12.6 Å². The van der Waals surface area contributed by atoms with Crippen LogP contribution in [0.15, 0.2) is 0 Å². The number of carbonyl (C=O) groups is 1. The lowest BCUT2D eigenvalue weighted by Gasteiger charge is -2.26. The first-order valence-corrected chi connectivity index (χ1v) is 4.92. The summed E-state index contributed by atoms with van der Waals surface area (Å²) in [5.74, 6) is 0.723. The Labute approximate surface area is 74.3 Å². The predicted molar refractivity (Wildman–Crippen MR) is 47.8 cm³/mol. The van der Waals surface area contributed by atoms with Crippen LogP contribution in [0, 0.1) is 11.8 Å². The zero-order valence-corrected chi connectivity index (χ0v) is 8.01. The van der Waals surface area contributed by atoms with Crippen LogP contribution in [0.25, 0.3) is 0 Å². The summed E-state index contributed by atoms with van der Waals surface area (Å²) in [5, 5.41) is 0. The lowest BCUT2D eigenvalue weighted by Crippen LogP contribution is -2.27. The molecular weight excluding hydrogens is 152 g/mol. The first kappa shape index (κ1) is 9.56. The summed E-state index contributed by atoms with van der Waals surface area (Å²) in [6.45, 7) is 4.54. The molecule has 0 saturated heterocycles. The Bertz CT molecular complexity index is 154. The first-order chi connectivity index (χ1) is 5.75. The van der Waals surface area contributed by atoms with Gasteiger partial charge in [-0.1, -0.05) is 19.8 Å². The van der Waals surface area contributed by atoms with E-state index in [1.807, 2.05) is 6.92 Å². The van der Waals surface area contributed by atoms with Gasteiger partial charge in [-0.3, -0.25) is 4.79 Å². The SMILES string of the molecule is CCOC(=O)C1CCCC[C@@H]1C. The molecule has 2 nitrogen and oxygen atoms in total. The number of rotatable bonds is 2. The summed E-state index contributed by atoms with van der Waals surface area (Å²) < 4.78 is 5.01. The van der Waals surface area contributed by atoms with Crippen LogP contribution in [-0.2, 0) is 9.53 Å². The van der Waals surface area contributed by atoms with Gasteiger partial charge in [0, 0.05) is 0 Å². The molecule has 0 radical (unpaired) electrons. The Morgan fingerprint density at radius 3 is 2.67 bits per heavy atom. The van der Waals surface area contributed by atoms with Crippen LogP contribution in [0.5, 0.6) is 0 Å². The van der Waals surface area contributed by atoms with Crippen molar-refractivity contribution in [2.24, 2.45) is 11.8 Å². The van der Waals surface area contributed by atoms with Gasteiger partial charge in [-0.05, 0) is 25.7 Å². The van der Waals surface area contributed by atoms with Gasteiger partial charge in [0.1, 0.15) is 0 Å². The Balaban J connectivity index is 2.42. The van der Waals surface area contributed by atoms with Gasteiger partial charge < -0.3 is 4.74 Å². The van der Waals surface area contributed by atoms with Gasteiger partial charge >= 0.3 is 5.97 Å². The molecule has 2 heteroatoms. The van der Waals surface area contributed by atoms with Crippen molar-refractivity contribution >= 4 is 5.97 Å². The molecule has 70 valence electrons. The van der Waals surface area contributed by atoms with E-state index in [4.69, 9.17) is 4.74 Å². The standard InChI is InChI=1S/C10H18O2/c1-3-12-10(11)9-7-5-4-6-8(9)2/h8-9H,3-7H2,1-2H3/t8-,9?/m0/s1. The van der Waals surface area contributed by atoms with Crippen molar-refractivity contribution < 1.29 is 9.53 Å². The molecule has 12 heavy (non-hydrogen) atoms. The van der Waals surface area contributed by atoms with Crippen LogP contribution in [0.2, 0.25) is 0 Å². The summed E-state index contributed by atoms with van der Waals surface area (Å²) in [4.78, 5) is 11.4. The molecule has 0 aliphatic heterocycles. The molecule has 0 aromatic heterocycles. The van der Waals surface area contributed by atoms with Crippen LogP contribution in [0.3, 0.4) is 0 Å². The molecule has 0 bridgehead atoms. The lowest BCUT2D eigenvalue weighted by molar-refractivity contribution is -0.150. The second kappa shape index (κ2) is 4.48. The van der Waals surface area contributed by atoms with Crippen LogP contribution >= 0.6 is 0 Å². The summed E-state index contributed by atoms with van der Waals surface area (Å²) in [6.07, 6.45) is 4.67. The van der Waals surface area contributed by atoms with Crippen LogP contribution in [0.4, 0.5) is 0 Å². The summed E-state index contributed by atoms with van der Waals surface area (Å²) >= 11 is 0. The monoisotopic (exact) mass is 170 g/mol. The van der Waals surface area contributed by atoms with Crippen LogP contribution in [0.1, 0.15) is 39.5 Å². The molecule has 0 N–H and O–H groups in total. The van der Waals surface area contributed by atoms with Crippen molar-refractivity contribution in [2.75, 3.05) is 6.61 Å². The highest BCUT2D eigenvalue weighted by Gasteiger charge is 2.28. The van der Waals surface area contributed by atoms with E-state index in [9.17, 15) is 4.79 Å². The lowest BCUT2D eigenvalue weighted by atomic mass is 9.80. The third-order valence-electron chi connectivity index (χ3n) is 2.70. The molecule has 0 amide bonds. The maximum atomic E-state index is 11.4. The number of hydrogen-bond donors (Lipinski definition) is 0. The van der Waals surface area contributed by atoms with Crippen molar-refractivity contribution in [3.63, 3.8) is 0 Å². The highest BCUT2D eigenvalue weighted by Crippen LogP contribution is 2.30. The molecule has 0 aromatic rings. The zero-order valence-electron chi connectivity index (χ0n) is 8.01. The van der Waals surface area contributed by atoms with Gasteiger partial charge in [0.25, 0.3) is 0 Å². The van der Waals surface area contributed by atoms with Gasteiger partial charge in [0.15, 0.2) is 0 Å². The minimum absolute atomic E-state index is 0.0182. The van der Waals surface area contributed by atoms with Crippen LogP contribution < -0.4 is 0 Å². The van der Waals surface area contributed by atoms with Gasteiger partial charge in [0.05, 0.1) is 12.5 Å². The Morgan fingerprint density at radius 1 is 1.42 bits per heavy atom. The largest absolute Gasteiger partial charge is 0.466 e. The minimum atomic E-state index is 0.0182. The summed E-state index contributed by atoms with van der Waals surface area (Å²) in [6, 6.07) is 0. The van der Waals surface area contributed by atoms with E-state index in [2.05, 4.69) is 6.92 Å². The Kier molecular flexibility index (Phi) is 3.57. The third-order valence-corrected chi connectivity index (χ3v) is 2.70. The molecule has 1 unspecified atom stereocenters. The maximum absolute atomic E-state index is 11.4.